The molecule has 3 N–H and O–H groups in total. The van der Waals surface area contributed by atoms with Gasteiger partial charge < -0.3 is 9.73 Å². The summed E-state index contributed by atoms with van der Waals surface area (Å²) in [5, 5.41) is 15.0. The number of anilines is 1. The second-order valence-electron chi connectivity index (χ2n) is 4.64. The van der Waals surface area contributed by atoms with Crippen molar-refractivity contribution in [2.24, 2.45) is 9.98 Å². The molecule has 0 unspecified atom stereocenters. The molecule has 0 saturated heterocycles. The molecule has 0 fully saturated rings. The fraction of sp³-hybridized carbons (Fsp3) is 0.0714. The van der Waals surface area contributed by atoms with Crippen molar-refractivity contribution in [2.75, 3.05) is 11.1 Å². The van der Waals surface area contributed by atoms with Crippen molar-refractivity contribution < 1.29 is 18.8 Å². The summed E-state index contributed by atoms with van der Waals surface area (Å²) in [5.74, 6) is -2.45. The summed E-state index contributed by atoms with van der Waals surface area (Å²) in [7, 11) is 0. The predicted octanol–water partition coefficient (Wildman–Crippen LogP) is 1.15. The number of aromatic nitrogens is 1. The van der Waals surface area contributed by atoms with E-state index < -0.39 is 23.4 Å². The lowest BCUT2D eigenvalue weighted by atomic mass is 10.3. The number of furan rings is 1. The average molecular weight is 390 g/mol. The fourth-order valence-electron chi connectivity index (χ4n) is 1.75. The maximum absolute atomic E-state index is 12.1. The van der Waals surface area contributed by atoms with Gasteiger partial charge in [0.05, 0.1) is 12.0 Å². The first-order chi connectivity index (χ1) is 12.5. The summed E-state index contributed by atoms with van der Waals surface area (Å²) in [4.78, 5) is 47.0. The van der Waals surface area contributed by atoms with E-state index in [4.69, 9.17) is 9.83 Å². The third kappa shape index (κ3) is 4.29. The van der Waals surface area contributed by atoms with Crippen molar-refractivity contribution in [3.63, 3.8) is 0 Å². The molecule has 12 heteroatoms. The molecule has 2 aromatic rings. The molecule has 0 atom stereocenters. The number of thioether (sulfide) groups is 1. The predicted molar refractivity (Wildman–Crippen MR) is 97.0 cm³/mol. The number of amides is 3. The Hall–Kier alpha value is -3.12. The topological polar surface area (TPSA) is 150 Å². The number of carbonyl (C=O) groups excluding carboxylic acids is 3. The van der Waals surface area contributed by atoms with E-state index in [0.717, 1.165) is 11.8 Å². The molecule has 0 bridgehead atoms. The number of carbonyl (C=O) groups is 3. The van der Waals surface area contributed by atoms with Crippen LogP contribution in [0.15, 0.2) is 44.4 Å². The van der Waals surface area contributed by atoms with E-state index >= 15 is 0 Å². The Kier molecular flexibility index (Phi) is 5.34. The SMILES string of the molecule is N=C1N=C(SCC(=O)Nc2nccs2)NC(=O)C1=NC(=O)c1ccco1. The van der Waals surface area contributed by atoms with Crippen LogP contribution in [0.2, 0.25) is 0 Å². The minimum Gasteiger partial charge on any atom is -0.459 e. The monoisotopic (exact) mass is 390 g/mol. The molecule has 1 aliphatic rings. The first kappa shape index (κ1) is 17.7. The zero-order valence-corrected chi connectivity index (χ0v) is 14.5. The standard InChI is InChI=1S/C14H10N6O4S2/c15-10-9(18-11(22)7-2-1-4-24-7)12(23)20-14(19-10)26-6-8(21)17-13-16-3-5-25-13/h1-5H,6H2,(H,16,17,21)(H2,15,19,20,23). The number of nitrogens with zero attached hydrogens (tertiary/aromatic N) is 3. The van der Waals surface area contributed by atoms with E-state index in [-0.39, 0.29) is 22.6 Å². The second-order valence-corrected chi connectivity index (χ2v) is 6.50. The molecule has 132 valence electrons. The number of amidine groups is 2. The van der Waals surface area contributed by atoms with E-state index in [0.29, 0.717) is 5.13 Å². The Labute approximate surface area is 154 Å². The van der Waals surface area contributed by atoms with Gasteiger partial charge in [-0.2, -0.15) is 4.99 Å². The smallest absolute Gasteiger partial charge is 0.313 e. The normalized spacial score (nSPS) is 15.5. The highest BCUT2D eigenvalue weighted by Crippen LogP contribution is 2.13. The Morgan fingerprint density at radius 3 is 2.96 bits per heavy atom. The lowest BCUT2D eigenvalue weighted by molar-refractivity contribution is -0.114. The van der Waals surface area contributed by atoms with Crippen molar-refractivity contribution >= 4 is 62.7 Å². The Morgan fingerprint density at radius 1 is 1.46 bits per heavy atom. The van der Waals surface area contributed by atoms with Crippen LogP contribution >= 0.6 is 23.1 Å². The van der Waals surface area contributed by atoms with Gasteiger partial charge in [-0.3, -0.25) is 25.1 Å². The minimum atomic E-state index is -0.793. The number of rotatable bonds is 4. The molecule has 3 heterocycles. The highest BCUT2D eigenvalue weighted by Gasteiger charge is 2.26. The summed E-state index contributed by atoms with van der Waals surface area (Å²) < 4.78 is 4.89. The molecular formula is C14H10N6O4S2. The maximum Gasteiger partial charge on any atom is 0.313 e. The van der Waals surface area contributed by atoms with Gasteiger partial charge in [-0.15, -0.1) is 11.3 Å². The molecule has 1 aliphatic heterocycles. The van der Waals surface area contributed by atoms with E-state index in [1.807, 2.05) is 0 Å². The highest BCUT2D eigenvalue weighted by atomic mass is 32.2. The van der Waals surface area contributed by atoms with Gasteiger partial charge in [0.15, 0.2) is 27.6 Å². The third-order valence-corrected chi connectivity index (χ3v) is 4.40. The van der Waals surface area contributed by atoms with Crippen molar-refractivity contribution in [2.45, 2.75) is 0 Å². The van der Waals surface area contributed by atoms with Crippen LogP contribution in [-0.4, -0.2) is 45.2 Å². The van der Waals surface area contributed by atoms with Crippen LogP contribution in [0.1, 0.15) is 10.6 Å². The van der Waals surface area contributed by atoms with Crippen molar-refractivity contribution in [3.05, 3.63) is 35.7 Å². The minimum absolute atomic E-state index is 0.0379. The Bertz CT molecular complexity index is 917. The first-order valence-electron chi connectivity index (χ1n) is 7.00. The van der Waals surface area contributed by atoms with Gasteiger partial charge in [-0.25, -0.2) is 9.98 Å². The molecule has 0 aliphatic carbocycles. The summed E-state index contributed by atoms with van der Waals surface area (Å²) in [6.45, 7) is 0. The molecular weight excluding hydrogens is 380 g/mol. The van der Waals surface area contributed by atoms with Crippen LogP contribution in [0, 0.1) is 5.41 Å². The van der Waals surface area contributed by atoms with Gasteiger partial charge >= 0.3 is 5.91 Å². The lowest BCUT2D eigenvalue weighted by Gasteiger charge is -2.14. The summed E-state index contributed by atoms with van der Waals surface area (Å²) in [6.07, 6.45) is 2.86. The summed E-state index contributed by atoms with van der Waals surface area (Å²) in [6, 6.07) is 2.89. The van der Waals surface area contributed by atoms with Crippen molar-refractivity contribution in [1.29, 1.82) is 5.41 Å². The molecule has 0 spiro atoms. The van der Waals surface area contributed by atoms with E-state index in [1.165, 1.54) is 29.7 Å². The molecule has 3 rings (SSSR count). The third-order valence-electron chi connectivity index (χ3n) is 2.84. The first-order valence-corrected chi connectivity index (χ1v) is 8.87. The second kappa shape index (κ2) is 7.84. The zero-order chi connectivity index (χ0) is 18.5. The molecule has 0 aromatic carbocycles. The number of nitrogens with one attached hydrogen (secondary N) is 3. The Balaban J connectivity index is 1.61. The lowest BCUT2D eigenvalue weighted by Crippen LogP contribution is -2.43. The van der Waals surface area contributed by atoms with Crippen molar-refractivity contribution in [1.82, 2.24) is 10.3 Å². The van der Waals surface area contributed by atoms with Gasteiger partial charge in [0.1, 0.15) is 0 Å². The van der Waals surface area contributed by atoms with Gasteiger partial charge in [-0.05, 0) is 12.1 Å². The zero-order valence-electron chi connectivity index (χ0n) is 12.9. The molecule has 10 nitrogen and oxygen atoms in total. The quantitative estimate of drug-likeness (QED) is 0.713. The number of hydrogen-bond donors (Lipinski definition) is 3. The van der Waals surface area contributed by atoms with Gasteiger partial charge in [0.25, 0.3) is 5.91 Å². The van der Waals surface area contributed by atoms with E-state index in [9.17, 15) is 14.4 Å². The Morgan fingerprint density at radius 2 is 2.31 bits per heavy atom. The van der Waals surface area contributed by atoms with Gasteiger partial charge in [0.2, 0.25) is 5.91 Å². The summed E-state index contributed by atoms with van der Waals surface area (Å²) >= 11 is 2.21. The maximum atomic E-state index is 12.1. The van der Waals surface area contributed by atoms with Crippen LogP contribution < -0.4 is 10.6 Å². The number of hydrogen-bond acceptors (Lipinski definition) is 8. The largest absolute Gasteiger partial charge is 0.459 e. The number of aliphatic imine (C=N–C) groups is 2. The summed E-state index contributed by atoms with van der Waals surface area (Å²) in [5.41, 5.74) is -0.428. The molecule has 26 heavy (non-hydrogen) atoms. The van der Waals surface area contributed by atoms with Crippen LogP contribution in [-0.2, 0) is 9.59 Å². The average Bonchev–Trinajstić information content (AvgIpc) is 3.29. The molecule has 3 amide bonds. The molecule has 0 saturated carbocycles. The van der Waals surface area contributed by atoms with E-state index in [2.05, 4.69) is 25.6 Å². The van der Waals surface area contributed by atoms with Crippen LogP contribution in [0.25, 0.3) is 0 Å². The highest BCUT2D eigenvalue weighted by molar-refractivity contribution is 8.14. The van der Waals surface area contributed by atoms with Crippen LogP contribution in [0.5, 0.6) is 0 Å². The van der Waals surface area contributed by atoms with Crippen molar-refractivity contribution in [3.8, 4) is 0 Å². The van der Waals surface area contributed by atoms with Crippen LogP contribution in [0.3, 0.4) is 0 Å². The number of thiazole rings is 1. The molecule has 2 aromatic heterocycles. The fourth-order valence-corrected chi connectivity index (χ4v) is 2.96. The molecule has 0 radical (unpaired) electrons. The van der Waals surface area contributed by atoms with Gasteiger partial charge in [-0.1, -0.05) is 11.8 Å². The van der Waals surface area contributed by atoms with Crippen LogP contribution in [0.4, 0.5) is 5.13 Å². The van der Waals surface area contributed by atoms with Gasteiger partial charge in [0, 0.05) is 11.6 Å². The van der Waals surface area contributed by atoms with E-state index in [1.54, 1.807) is 11.6 Å².